The molecule has 3 aromatic carbocycles. The number of fused-ring (bicyclic) bond motifs is 1. The van der Waals surface area contributed by atoms with E-state index in [0.29, 0.717) is 5.39 Å². The second-order valence-corrected chi connectivity index (χ2v) is 9.48. The molecule has 0 aromatic heterocycles. The van der Waals surface area contributed by atoms with Crippen LogP contribution in [0.1, 0.15) is 27.9 Å². The van der Waals surface area contributed by atoms with E-state index in [4.69, 9.17) is 28.0 Å². The first kappa shape index (κ1) is 29.4. The molecule has 0 spiro atoms. The van der Waals surface area contributed by atoms with Crippen LogP contribution < -0.4 is 10.6 Å². The normalized spacial score (nSPS) is 17.4. The smallest absolute Gasteiger partial charge is 0.374 e. The van der Waals surface area contributed by atoms with Gasteiger partial charge in [-0.15, -0.1) is 0 Å². The maximum absolute atomic E-state index is 14.4. The van der Waals surface area contributed by atoms with E-state index >= 15 is 0 Å². The third-order valence-corrected chi connectivity index (χ3v) is 6.56. The fourth-order valence-corrected chi connectivity index (χ4v) is 4.59. The van der Waals surface area contributed by atoms with Gasteiger partial charge in [0, 0.05) is 23.1 Å². The van der Waals surface area contributed by atoms with Crippen LogP contribution in [-0.4, -0.2) is 43.0 Å². The molecule has 4 rings (SSSR count). The molecule has 1 atom stereocenters. The Hall–Kier alpha value is -3.58. The molecule has 1 aliphatic rings. The summed E-state index contributed by atoms with van der Waals surface area (Å²) in [4.78, 5) is 29.4. The Labute approximate surface area is 231 Å². The molecule has 0 aliphatic carbocycles. The number of hydrogen-bond acceptors (Lipinski definition) is 4. The molecule has 15 heteroatoms. The summed E-state index contributed by atoms with van der Waals surface area (Å²) in [6, 6.07) is 10.2. The van der Waals surface area contributed by atoms with Crippen LogP contribution in [0, 0.1) is 5.82 Å². The third-order valence-electron chi connectivity index (χ3n) is 6.01. The largest absolute Gasteiger partial charge is 0.435 e. The zero-order chi connectivity index (χ0) is 29.5. The van der Waals surface area contributed by atoms with Gasteiger partial charge < -0.3 is 15.5 Å². The monoisotopic (exact) mass is 609 g/mol. The molecule has 0 radical (unpaired) electrons. The van der Waals surface area contributed by atoms with Crippen molar-refractivity contribution in [2.24, 2.45) is 5.16 Å². The van der Waals surface area contributed by atoms with Crippen molar-refractivity contribution in [1.29, 1.82) is 0 Å². The number of carbonyl (C=O) groups is 2. The number of halogens is 9. The Kier molecular flexibility index (Phi) is 7.92. The van der Waals surface area contributed by atoms with Crippen molar-refractivity contribution in [2.45, 2.75) is 24.4 Å². The summed E-state index contributed by atoms with van der Waals surface area (Å²) >= 11 is 11.5. The number of amides is 2. The summed E-state index contributed by atoms with van der Waals surface area (Å²) in [5.41, 5.74) is -3.57. The van der Waals surface area contributed by atoms with Gasteiger partial charge in [0.15, 0.2) is 5.82 Å². The van der Waals surface area contributed by atoms with Gasteiger partial charge in [-0.2, -0.15) is 26.3 Å². The lowest BCUT2D eigenvalue weighted by Crippen LogP contribution is -2.42. The third kappa shape index (κ3) is 5.80. The summed E-state index contributed by atoms with van der Waals surface area (Å²) in [6.45, 7) is -2.32. The average molecular weight is 610 g/mol. The Morgan fingerprint density at radius 2 is 1.57 bits per heavy atom. The molecule has 1 aliphatic heterocycles. The maximum Gasteiger partial charge on any atom is 0.435 e. The summed E-state index contributed by atoms with van der Waals surface area (Å²) in [5, 5.41) is 6.78. The molecule has 0 saturated carbocycles. The minimum Gasteiger partial charge on any atom is -0.374 e. The van der Waals surface area contributed by atoms with Crippen LogP contribution in [0.25, 0.3) is 10.8 Å². The van der Waals surface area contributed by atoms with Gasteiger partial charge >= 0.3 is 12.4 Å². The van der Waals surface area contributed by atoms with E-state index in [1.807, 2.05) is 0 Å². The maximum atomic E-state index is 14.4. The number of nitrogens with one attached hydrogen (secondary N) is 2. The van der Waals surface area contributed by atoms with E-state index in [-0.39, 0.29) is 22.2 Å². The van der Waals surface area contributed by atoms with Crippen molar-refractivity contribution in [1.82, 2.24) is 10.6 Å². The molecule has 0 bridgehead atoms. The lowest BCUT2D eigenvalue weighted by atomic mass is 9.85. The Morgan fingerprint density at radius 3 is 2.17 bits per heavy atom. The van der Waals surface area contributed by atoms with Crippen molar-refractivity contribution in [2.75, 3.05) is 13.1 Å². The molecule has 0 fully saturated rings. The Bertz CT molecular complexity index is 1500. The van der Waals surface area contributed by atoms with Crippen LogP contribution in [0.4, 0.5) is 30.7 Å². The second-order valence-electron chi connectivity index (χ2n) is 8.67. The topological polar surface area (TPSA) is 79.8 Å². The minimum absolute atomic E-state index is 0.00155. The van der Waals surface area contributed by atoms with Gasteiger partial charge in [-0.05, 0) is 29.0 Å². The van der Waals surface area contributed by atoms with Gasteiger partial charge in [0.2, 0.25) is 5.91 Å². The van der Waals surface area contributed by atoms with Crippen molar-refractivity contribution in [3.63, 3.8) is 0 Å². The number of benzene rings is 3. The van der Waals surface area contributed by atoms with Crippen molar-refractivity contribution < 1.29 is 45.2 Å². The van der Waals surface area contributed by atoms with Crippen molar-refractivity contribution in [3.05, 3.63) is 81.1 Å². The SMILES string of the molecule is O=C(CNC(=O)c1ccc(C2=NOC(c3cc(Cl)c(F)c(Cl)c3)(C(F)(F)F)C2)c2ccccc12)NCC(F)(F)F. The number of oxime groups is 1. The fraction of sp³-hybridized carbons (Fsp3) is 0.240. The molecule has 40 heavy (non-hydrogen) atoms. The number of alkyl halides is 6. The number of carbonyl (C=O) groups excluding carboxylic acids is 2. The zero-order valence-electron chi connectivity index (χ0n) is 19.8. The standard InChI is InChI=1S/C25H16Cl2F7N3O3/c26-17-7-12(8-18(27)21(17)28)23(25(32,33)34)9-19(37-40-23)15-5-6-16(14-4-2-1-3-13(14)15)22(39)35-10-20(38)36-11-24(29,30)31/h1-8H,9-11H2,(H,35,39)(H,36,38). The second kappa shape index (κ2) is 10.8. The number of rotatable bonds is 6. The van der Waals surface area contributed by atoms with E-state index in [0.717, 1.165) is 12.1 Å². The van der Waals surface area contributed by atoms with E-state index in [2.05, 4.69) is 10.5 Å². The molecule has 3 aromatic rings. The molecule has 0 saturated heterocycles. The first-order valence-electron chi connectivity index (χ1n) is 11.2. The molecule has 1 unspecified atom stereocenters. The van der Waals surface area contributed by atoms with E-state index < -0.39 is 70.7 Å². The quantitative estimate of drug-likeness (QED) is 0.255. The highest BCUT2D eigenvalue weighted by Crippen LogP contribution is 2.50. The lowest BCUT2D eigenvalue weighted by Gasteiger charge is -2.29. The van der Waals surface area contributed by atoms with Crippen LogP contribution in [0.5, 0.6) is 0 Å². The first-order chi connectivity index (χ1) is 18.6. The summed E-state index contributed by atoms with van der Waals surface area (Å²) in [6.07, 6.45) is -10.5. The molecular weight excluding hydrogens is 594 g/mol. The number of hydrogen-bond donors (Lipinski definition) is 2. The summed E-state index contributed by atoms with van der Waals surface area (Å²) < 4.78 is 93.9. The lowest BCUT2D eigenvalue weighted by molar-refractivity contribution is -0.275. The minimum atomic E-state index is -5.04. The summed E-state index contributed by atoms with van der Waals surface area (Å²) in [5.74, 6) is -2.98. The van der Waals surface area contributed by atoms with Crippen LogP contribution in [0.2, 0.25) is 10.0 Å². The van der Waals surface area contributed by atoms with Gasteiger partial charge in [0.25, 0.3) is 11.5 Å². The average Bonchev–Trinajstić information content (AvgIpc) is 3.35. The highest BCUT2D eigenvalue weighted by molar-refractivity contribution is 6.35. The molecule has 6 nitrogen and oxygen atoms in total. The Morgan fingerprint density at radius 1 is 0.950 bits per heavy atom. The van der Waals surface area contributed by atoms with E-state index in [1.54, 1.807) is 17.4 Å². The highest BCUT2D eigenvalue weighted by atomic mass is 35.5. The van der Waals surface area contributed by atoms with Crippen LogP contribution in [-0.2, 0) is 15.2 Å². The van der Waals surface area contributed by atoms with Crippen molar-refractivity contribution >= 4 is 51.5 Å². The van der Waals surface area contributed by atoms with Gasteiger partial charge in [0.1, 0.15) is 6.54 Å². The van der Waals surface area contributed by atoms with Gasteiger partial charge in [-0.1, -0.05) is 58.7 Å². The molecular formula is C25H16Cl2F7N3O3. The molecule has 212 valence electrons. The molecule has 2 N–H and O–H groups in total. The zero-order valence-corrected chi connectivity index (χ0v) is 21.3. The first-order valence-corrected chi connectivity index (χ1v) is 12.0. The predicted octanol–water partition coefficient (Wildman–Crippen LogP) is 6.28. The summed E-state index contributed by atoms with van der Waals surface area (Å²) in [7, 11) is 0. The number of nitrogens with zero attached hydrogens (tertiary/aromatic N) is 1. The molecule has 1 heterocycles. The van der Waals surface area contributed by atoms with Gasteiger partial charge in [-0.3, -0.25) is 9.59 Å². The van der Waals surface area contributed by atoms with Crippen LogP contribution in [0.3, 0.4) is 0 Å². The van der Waals surface area contributed by atoms with Gasteiger partial charge in [-0.25, -0.2) is 4.39 Å². The van der Waals surface area contributed by atoms with Crippen LogP contribution in [0.15, 0.2) is 53.7 Å². The van der Waals surface area contributed by atoms with Gasteiger partial charge in [0.05, 0.1) is 22.3 Å². The fourth-order valence-electron chi connectivity index (χ4n) is 4.10. The van der Waals surface area contributed by atoms with Crippen LogP contribution >= 0.6 is 23.2 Å². The molecule has 2 amide bonds. The highest BCUT2D eigenvalue weighted by Gasteiger charge is 2.62. The van der Waals surface area contributed by atoms with E-state index in [1.165, 1.54) is 24.3 Å². The van der Waals surface area contributed by atoms with Crippen molar-refractivity contribution in [3.8, 4) is 0 Å². The Balaban J connectivity index is 1.63. The predicted molar refractivity (Wildman–Crippen MR) is 132 cm³/mol. The van der Waals surface area contributed by atoms with E-state index in [9.17, 15) is 40.3 Å².